The molecule has 4 heteroatoms. The van der Waals surface area contributed by atoms with E-state index in [4.69, 9.17) is 4.74 Å². The summed E-state index contributed by atoms with van der Waals surface area (Å²) in [6.45, 7) is 9.89. The van der Waals surface area contributed by atoms with Gasteiger partial charge in [0.2, 0.25) is 0 Å². The number of rotatable bonds is 2. The molecule has 0 spiro atoms. The molecule has 0 amide bonds. The second kappa shape index (κ2) is 5.29. The van der Waals surface area contributed by atoms with E-state index in [9.17, 15) is 0 Å². The van der Waals surface area contributed by atoms with Crippen LogP contribution in [0.2, 0.25) is 0 Å². The molecule has 0 aromatic carbocycles. The van der Waals surface area contributed by atoms with Gasteiger partial charge >= 0.3 is 0 Å². The van der Waals surface area contributed by atoms with E-state index in [1.807, 2.05) is 6.92 Å². The molecule has 1 aliphatic heterocycles. The monoisotopic (exact) mass is 200 g/mol. The van der Waals surface area contributed by atoms with E-state index in [2.05, 4.69) is 29.1 Å². The third-order valence-corrected chi connectivity index (χ3v) is 2.08. The average Bonchev–Trinajstić information content (AvgIpc) is 2.15. The predicted octanol–water partition coefficient (Wildman–Crippen LogP) is 1.18. The lowest BCUT2D eigenvalue weighted by Gasteiger charge is -2.29. The number of thiol groups is 1. The fourth-order valence-electron chi connectivity index (χ4n) is 1.30. The summed E-state index contributed by atoms with van der Waals surface area (Å²) < 4.78 is 5.26. The summed E-state index contributed by atoms with van der Waals surface area (Å²) in [7, 11) is 0. The Morgan fingerprint density at radius 2 is 2.15 bits per heavy atom. The van der Waals surface area contributed by atoms with Crippen LogP contribution in [0.1, 0.15) is 6.92 Å². The van der Waals surface area contributed by atoms with E-state index in [1.54, 1.807) is 0 Å². The van der Waals surface area contributed by atoms with E-state index in [1.165, 1.54) is 0 Å². The molecule has 0 aliphatic carbocycles. The second-order valence-electron chi connectivity index (χ2n) is 2.84. The molecule has 0 unspecified atom stereocenters. The summed E-state index contributed by atoms with van der Waals surface area (Å²) in [6.07, 6.45) is 0. The minimum Gasteiger partial charge on any atom is -0.378 e. The zero-order valence-electron chi connectivity index (χ0n) is 7.99. The number of hydrogen-bond acceptors (Lipinski definition) is 3. The first-order valence-corrected chi connectivity index (χ1v) is 4.95. The van der Waals surface area contributed by atoms with Gasteiger partial charge in [-0.3, -0.25) is 4.99 Å². The highest BCUT2D eigenvalue weighted by Gasteiger charge is 2.15. The van der Waals surface area contributed by atoms with Gasteiger partial charge in [-0.2, -0.15) is 0 Å². The first-order valence-electron chi connectivity index (χ1n) is 4.51. The van der Waals surface area contributed by atoms with Crippen LogP contribution in [0.3, 0.4) is 0 Å². The summed E-state index contributed by atoms with van der Waals surface area (Å²) in [4.78, 5) is 7.27. The normalized spacial score (nSPS) is 18.9. The summed E-state index contributed by atoms with van der Waals surface area (Å²) in [5, 5.41) is 0. The summed E-state index contributed by atoms with van der Waals surface area (Å²) in [6, 6.07) is 0. The molecule has 1 rings (SSSR count). The van der Waals surface area contributed by atoms with Gasteiger partial charge in [-0.05, 0) is 6.92 Å². The number of nitrogens with zero attached hydrogens (tertiary/aromatic N) is 2. The predicted molar refractivity (Wildman–Crippen MR) is 58.5 cm³/mol. The van der Waals surface area contributed by atoms with E-state index >= 15 is 0 Å². The van der Waals surface area contributed by atoms with Gasteiger partial charge in [0.15, 0.2) is 0 Å². The molecule has 13 heavy (non-hydrogen) atoms. The Bertz CT molecular complexity index is 210. The first kappa shape index (κ1) is 10.6. The van der Waals surface area contributed by atoms with Gasteiger partial charge in [-0.1, -0.05) is 6.58 Å². The van der Waals surface area contributed by atoms with E-state index in [0.29, 0.717) is 0 Å². The second-order valence-corrected chi connectivity index (χ2v) is 3.38. The molecule has 3 nitrogen and oxygen atoms in total. The highest BCUT2D eigenvalue weighted by Crippen LogP contribution is 2.08. The maximum Gasteiger partial charge on any atom is 0.136 e. The van der Waals surface area contributed by atoms with Crippen LogP contribution in [0.5, 0.6) is 0 Å². The van der Waals surface area contributed by atoms with Crippen molar-refractivity contribution in [3.63, 3.8) is 0 Å². The van der Waals surface area contributed by atoms with Crippen molar-refractivity contribution in [2.45, 2.75) is 6.92 Å². The van der Waals surface area contributed by atoms with Crippen LogP contribution in [0.25, 0.3) is 0 Å². The zero-order chi connectivity index (χ0) is 9.68. The van der Waals surface area contributed by atoms with Gasteiger partial charge in [-0.25, -0.2) is 0 Å². The fourth-order valence-corrected chi connectivity index (χ4v) is 1.51. The molecular weight excluding hydrogens is 184 g/mol. The minimum atomic E-state index is 0.740. The van der Waals surface area contributed by atoms with E-state index < -0.39 is 0 Å². The zero-order valence-corrected chi connectivity index (χ0v) is 8.89. The third-order valence-electron chi connectivity index (χ3n) is 1.88. The number of morpholine rings is 1. The summed E-state index contributed by atoms with van der Waals surface area (Å²) >= 11 is 4.23. The number of amidine groups is 1. The Hall–Kier alpha value is -0.480. The number of ether oxygens (including phenoxy) is 1. The molecule has 1 heterocycles. The third kappa shape index (κ3) is 3.04. The molecular formula is C9H16N2OS. The van der Waals surface area contributed by atoms with Crippen LogP contribution in [-0.4, -0.2) is 43.6 Å². The molecule has 1 saturated heterocycles. The largest absolute Gasteiger partial charge is 0.378 e. The van der Waals surface area contributed by atoms with Crippen LogP contribution in [0.4, 0.5) is 0 Å². The Morgan fingerprint density at radius 3 is 2.62 bits per heavy atom. The smallest absolute Gasteiger partial charge is 0.136 e. The quantitative estimate of drug-likeness (QED) is 0.411. The molecule has 0 N–H and O–H groups in total. The molecule has 74 valence electrons. The number of aliphatic imine (C=N–C) groups is 1. The molecule has 0 saturated carbocycles. The van der Waals surface area contributed by atoms with Gasteiger partial charge in [0.05, 0.1) is 13.2 Å². The lowest BCUT2D eigenvalue weighted by Crippen LogP contribution is -2.41. The van der Waals surface area contributed by atoms with Crippen molar-refractivity contribution >= 4 is 18.5 Å². The Morgan fingerprint density at radius 1 is 1.54 bits per heavy atom. The minimum absolute atomic E-state index is 0.740. The molecule has 0 aromatic heterocycles. The van der Waals surface area contributed by atoms with Gasteiger partial charge in [0.1, 0.15) is 5.84 Å². The first-order chi connectivity index (χ1) is 6.25. The summed E-state index contributed by atoms with van der Waals surface area (Å²) in [5.41, 5.74) is 0. The Kier molecular flexibility index (Phi) is 4.32. The molecule has 1 fully saturated rings. The van der Waals surface area contributed by atoms with Crippen molar-refractivity contribution in [2.75, 3.05) is 32.8 Å². The maximum atomic E-state index is 5.26. The molecule has 0 aromatic rings. The van der Waals surface area contributed by atoms with Gasteiger partial charge in [-0.15, -0.1) is 12.6 Å². The van der Waals surface area contributed by atoms with Crippen LogP contribution in [-0.2, 0) is 4.74 Å². The van der Waals surface area contributed by atoms with Crippen LogP contribution in [0.15, 0.2) is 16.5 Å². The Balaban J connectivity index is 2.63. The lowest BCUT2D eigenvalue weighted by molar-refractivity contribution is 0.0683. The van der Waals surface area contributed by atoms with Crippen molar-refractivity contribution in [3.8, 4) is 0 Å². The molecule has 1 aliphatic rings. The number of hydrogen-bond donors (Lipinski definition) is 1. The van der Waals surface area contributed by atoms with Gasteiger partial charge < -0.3 is 9.64 Å². The fraction of sp³-hybridized carbons (Fsp3) is 0.667. The van der Waals surface area contributed by atoms with Crippen LogP contribution >= 0.6 is 12.6 Å². The topological polar surface area (TPSA) is 24.8 Å². The maximum absolute atomic E-state index is 5.26. The van der Waals surface area contributed by atoms with E-state index in [0.717, 1.165) is 43.6 Å². The SMILES string of the molecule is C=C(S)/C(=N\CC)N1CCOCC1. The van der Waals surface area contributed by atoms with Crippen molar-refractivity contribution in [2.24, 2.45) is 4.99 Å². The molecule has 0 bridgehead atoms. The standard InChI is InChI=1S/C9H16N2OS/c1-3-10-9(8(2)13)11-4-6-12-7-5-11/h13H,2-7H2,1H3/b10-9+. The van der Waals surface area contributed by atoms with Gasteiger partial charge in [0, 0.05) is 24.5 Å². The van der Waals surface area contributed by atoms with Crippen molar-refractivity contribution in [3.05, 3.63) is 11.5 Å². The highest BCUT2D eigenvalue weighted by molar-refractivity contribution is 7.85. The van der Waals surface area contributed by atoms with E-state index in [-0.39, 0.29) is 0 Å². The van der Waals surface area contributed by atoms with Crippen molar-refractivity contribution < 1.29 is 4.74 Å². The lowest BCUT2D eigenvalue weighted by atomic mass is 10.4. The summed E-state index contributed by atoms with van der Waals surface area (Å²) in [5.74, 6) is 0.911. The van der Waals surface area contributed by atoms with Gasteiger partial charge in [0.25, 0.3) is 0 Å². The molecule has 0 atom stereocenters. The average molecular weight is 200 g/mol. The van der Waals surface area contributed by atoms with Crippen LogP contribution < -0.4 is 0 Å². The van der Waals surface area contributed by atoms with Crippen molar-refractivity contribution in [1.29, 1.82) is 0 Å². The molecule has 0 radical (unpaired) electrons. The van der Waals surface area contributed by atoms with Crippen molar-refractivity contribution in [1.82, 2.24) is 4.90 Å². The van der Waals surface area contributed by atoms with Crippen LogP contribution in [0, 0.1) is 0 Å². The highest BCUT2D eigenvalue weighted by atomic mass is 32.1. The Labute approximate surface area is 84.9 Å².